The third-order valence-electron chi connectivity index (χ3n) is 3.72. The molecule has 0 aliphatic heterocycles. The predicted molar refractivity (Wildman–Crippen MR) is 87.0 cm³/mol. The molecule has 0 amide bonds. The van der Waals surface area contributed by atoms with Gasteiger partial charge < -0.3 is 15.5 Å². The first kappa shape index (κ1) is 15.0. The lowest BCUT2D eigenvalue weighted by Crippen LogP contribution is -2.18. The van der Waals surface area contributed by atoms with E-state index in [9.17, 15) is 10.2 Å². The summed E-state index contributed by atoms with van der Waals surface area (Å²) in [6.45, 7) is 8.37. The zero-order valence-corrected chi connectivity index (χ0v) is 12.4. The molecule has 3 N–H and O–H groups in total. The van der Waals surface area contributed by atoms with Crippen LogP contribution in [0.4, 0.5) is 5.69 Å². The molecule has 0 heterocycles. The molecule has 0 aliphatic rings. The maximum absolute atomic E-state index is 10.1. The molecule has 3 heteroatoms. The molecular formula is C18H21NO2. The van der Waals surface area contributed by atoms with Gasteiger partial charge in [0, 0.05) is 12.0 Å². The van der Waals surface area contributed by atoms with Crippen molar-refractivity contribution in [3.05, 3.63) is 66.2 Å². The standard InChI is InChI=1S/C18H21NO2/c1-4-10-19-16-9-8-14(12-17(16)21)18(2,3)13-6-5-7-15(20)11-13/h4-9,11-12,19-21H,1,10H2,2-3H3. The normalized spacial score (nSPS) is 11.1. The van der Waals surface area contributed by atoms with Gasteiger partial charge in [-0.15, -0.1) is 6.58 Å². The number of hydrogen-bond donors (Lipinski definition) is 3. The summed E-state index contributed by atoms with van der Waals surface area (Å²) in [7, 11) is 0. The van der Waals surface area contributed by atoms with E-state index in [1.54, 1.807) is 24.3 Å². The Morgan fingerprint density at radius 3 is 2.43 bits per heavy atom. The summed E-state index contributed by atoms with van der Waals surface area (Å²) in [5, 5.41) is 22.9. The molecule has 0 saturated heterocycles. The molecular weight excluding hydrogens is 262 g/mol. The second kappa shape index (κ2) is 5.92. The van der Waals surface area contributed by atoms with E-state index in [1.165, 1.54) is 0 Å². The molecule has 0 aliphatic carbocycles. The number of rotatable bonds is 5. The summed E-state index contributed by atoms with van der Waals surface area (Å²) in [4.78, 5) is 0. The molecule has 0 bridgehead atoms. The van der Waals surface area contributed by atoms with Crippen LogP contribution in [0.3, 0.4) is 0 Å². The lowest BCUT2D eigenvalue weighted by atomic mass is 9.78. The molecule has 0 aromatic heterocycles. The summed E-state index contributed by atoms with van der Waals surface area (Å²) in [6.07, 6.45) is 1.74. The van der Waals surface area contributed by atoms with Crippen LogP contribution in [0.1, 0.15) is 25.0 Å². The molecule has 0 spiro atoms. The number of phenols is 2. The molecule has 21 heavy (non-hydrogen) atoms. The van der Waals surface area contributed by atoms with E-state index in [-0.39, 0.29) is 16.9 Å². The summed E-state index contributed by atoms with van der Waals surface area (Å²) in [5.74, 6) is 0.455. The van der Waals surface area contributed by atoms with Gasteiger partial charge in [-0.3, -0.25) is 0 Å². The van der Waals surface area contributed by atoms with Gasteiger partial charge in [0.1, 0.15) is 11.5 Å². The minimum absolute atomic E-state index is 0.211. The van der Waals surface area contributed by atoms with E-state index in [4.69, 9.17) is 0 Å². The minimum Gasteiger partial charge on any atom is -0.508 e. The quantitative estimate of drug-likeness (QED) is 0.574. The van der Waals surface area contributed by atoms with Crippen LogP contribution in [0, 0.1) is 0 Å². The summed E-state index contributed by atoms with van der Waals surface area (Å²) < 4.78 is 0. The fourth-order valence-electron chi connectivity index (χ4n) is 2.31. The highest BCUT2D eigenvalue weighted by molar-refractivity contribution is 5.59. The van der Waals surface area contributed by atoms with Gasteiger partial charge in [0.25, 0.3) is 0 Å². The highest BCUT2D eigenvalue weighted by Gasteiger charge is 2.24. The Balaban J connectivity index is 2.36. The lowest BCUT2D eigenvalue weighted by Gasteiger charge is -2.27. The van der Waals surface area contributed by atoms with E-state index in [0.717, 1.165) is 11.1 Å². The molecule has 0 unspecified atom stereocenters. The molecule has 2 aromatic carbocycles. The van der Waals surface area contributed by atoms with E-state index in [0.29, 0.717) is 12.2 Å². The van der Waals surface area contributed by atoms with Crippen LogP contribution in [0.5, 0.6) is 11.5 Å². The molecule has 2 aromatic rings. The van der Waals surface area contributed by atoms with E-state index < -0.39 is 0 Å². The minimum atomic E-state index is -0.312. The molecule has 0 fully saturated rings. The van der Waals surface area contributed by atoms with Gasteiger partial charge >= 0.3 is 0 Å². The Kier molecular flexibility index (Phi) is 4.22. The van der Waals surface area contributed by atoms with Crippen molar-refractivity contribution in [3.63, 3.8) is 0 Å². The fourth-order valence-corrected chi connectivity index (χ4v) is 2.31. The molecule has 0 atom stereocenters. The Morgan fingerprint density at radius 1 is 1.10 bits per heavy atom. The summed E-state index contributed by atoms with van der Waals surface area (Å²) in [6, 6.07) is 12.8. The van der Waals surface area contributed by atoms with Gasteiger partial charge in [-0.05, 0) is 35.4 Å². The van der Waals surface area contributed by atoms with Crippen molar-refractivity contribution in [1.82, 2.24) is 0 Å². The largest absolute Gasteiger partial charge is 0.508 e. The molecule has 110 valence electrons. The first-order valence-electron chi connectivity index (χ1n) is 6.93. The van der Waals surface area contributed by atoms with Crippen molar-refractivity contribution in [2.75, 3.05) is 11.9 Å². The highest BCUT2D eigenvalue weighted by atomic mass is 16.3. The van der Waals surface area contributed by atoms with Crippen molar-refractivity contribution in [1.29, 1.82) is 0 Å². The smallest absolute Gasteiger partial charge is 0.138 e. The number of nitrogens with one attached hydrogen (secondary N) is 1. The topological polar surface area (TPSA) is 52.5 Å². The van der Waals surface area contributed by atoms with Crippen molar-refractivity contribution in [2.24, 2.45) is 0 Å². The van der Waals surface area contributed by atoms with Crippen LogP contribution < -0.4 is 5.32 Å². The lowest BCUT2D eigenvalue weighted by molar-refractivity contribution is 0.470. The second-order valence-corrected chi connectivity index (χ2v) is 5.58. The van der Waals surface area contributed by atoms with Gasteiger partial charge in [-0.1, -0.05) is 38.1 Å². The van der Waals surface area contributed by atoms with Crippen LogP contribution in [-0.2, 0) is 5.41 Å². The maximum Gasteiger partial charge on any atom is 0.138 e. The zero-order valence-electron chi connectivity index (χ0n) is 12.4. The summed E-state index contributed by atoms with van der Waals surface area (Å²) in [5.41, 5.74) is 2.35. The van der Waals surface area contributed by atoms with Crippen LogP contribution in [-0.4, -0.2) is 16.8 Å². The zero-order chi connectivity index (χ0) is 15.5. The summed E-state index contributed by atoms with van der Waals surface area (Å²) >= 11 is 0. The van der Waals surface area contributed by atoms with Crippen LogP contribution in [0.15, 0.2) is 55.1 Å². The Hall–Kier alpha value is -2.42. The van der Waals surface area contributed by atoms with E-state index in [1.807, 2.05) is 24.3 Å². The molecule has 2 rings (SSSR count). The predicted octanol–water partition coefficient (Wildman–Crippen LogP) is 4.02. The van der Waals surface area contributed by atoms with Gasteiger partial charge in [-0.2, -0.15) is 0 Å². The third-order valence-corrected chi connectivity index (χ3v) is 3.72. The van der Waals surface area contributed by atoms with Crippen molar-refractivity contribution in [2.45, 2.75) is 19.3 Å². The SMILES string of the molecule is C=CCNc1ccc(C(C)(C)c2cccc(O)c2)cc1O. The fraction of sp³-hybridized carbons (Fsp3) is 0.222. The van der Waals surface area contributed by atoms with Gasteiger partial charge in [-0.25, -0.2) is 0 Å². The first-order valence-corrected chi connectivity index (χ1v) is 6.93. The van der Waals surface area contributed by atoms with E-state index in [2.05, 4.69) is 25.7 Å². The van der Waals surface area contributed by atoms with Crippen LogP contribution >= 0.6 is 0 Å². The number of anilines is 1. The number of benzene rings is 2. The number of aromatic hydroxyl groups is 2. The van der Waals surface area contributed by atoms with Crippen molar-refractivity contribution >= 4 is 5.69 Å². The van der Waals surface area contributed by atoms with Crippen LogP contribution in [0.25, 0.3) is 0 Å². The molecule has 0 radical (unpaired) electrons. The average Bonchev–Trinajstić information content (AvgIpc) is 2.46. The highest BCUT2D eigenvalue weighted by Crippen LogP contribution is 2.36. The third kappa shape index (κ3) is 3.19. The van der Waals surface area contributed by atoms with Crippen molar-refractivity contribution in [3.8, 4) is 11.5 Å². The Bertz CT molecular complexity index is 647. The molecule has 3 nitrogen and oxygen atoms in total. The van der Waals surface area contributed by atoms with E-state index >= 15 is 0 Å². The first-order chi connectivity index (χ1) is 9.95. The average molecular weight is 283 g/mol. The Labute approximate surface area is 125 Å². The van der Waals surface area contributed by atoms with Gasteiger partial charge in [0.15, 0.2) is 0 Å². The number of phenolic OH excluding ortho intramolecular Hbond substituents is 2. The van der Waals surface area contributed by atoms with Crippen LogP contribution in [0.2, 0.25) is 0 Å². The molecule has 0 saturated carbocycles. The van der Waals surface area contributed by atoms with Gasteiger partial charge in [0.2, 0.25) is 0 Å². The Morgan fingerprint density at radius 2 is 1.81 bits per heavy atom. The van der Waals surface area contributed by atoms with Gasteiger partial charge in [0.05, 0.1) is 5.69 Å². The maximum atomic E-state index is 10.1. The monoisotopic (exact) mass is 283 g/mol. The number of hydrogen-bond acceptors (Lipinski definition) is 3. The second-order valence-electron chi connectivity index (χ2n) is 5.58. The van der Waals surface area contributed by atoms with Crippen molar-refractivity contribution < 1.29 is 10.2 Å².